The van der Waals surface area contributed by atoms with Crippen molar-refractivity contribution in [2.75, 3.05) is 26.2 Å². The van der Waals surface area contributed by atoms with Gasteiger partial charge in [0.25, 0.3) is 0 Å². The fourth-order valence-corrected chi connectivity index (χ4v) is 2.63. The molecular weight excluding hydrogens is 270 g/mol. The Morgan fingerprint density at radius 2 is 2.14 bits per heavy atom. The van der Waals surface area contributed by atoms with Crippen LogP contribution in [-0.2, 0) is 16.0 Å². The normalized spacial score (nSPS) is 18.5. The molecule has 2 rings (SSSR count). The maximum Gasteiger partial charge on any atom is 0.317 e. The van der Waals surface area contributed by atoms with Crippen LogP contribution in [0.3, 0.4) is 0 Å². The Bertz CT molecular complexity index is 478. The first kappa shape index (κ1) is 15.4. The zero-order valence-corrected chi connectivity index (χ0v) is 12.0. The predicted octanol–water partition coefficient (Wildman–Crippen LogP) is 0.537. The molecule has 1 aromatic rings. The van der Waals surface area contributed by atoms with E-state index in [0.29, 0.717) is 25.4 Å². The van der Waals surface area contributed by atoms with E-state index in [1.807, 2.05) is 17.0 Å². The predicted molar refractivity (Wildman–Crippen MR) is 77.8 cm³/mol. The zero-order valence-electron chi connectivity index (χ0n) is 12.0. The van der Waals surface area contributed by atoms with E-state index in [1.54, 1.807) is 12.4 Å². The van der Waals surface area contributed by atoms with Crippen LogP contribution in [0.1, 0.15) is 18.4 Å². The molecule has 6 heteroatoms. The van der Waals surface area contributed by atoms with E-state index >= 15 is 0 Å². The number of carboxylic acids is 1. The summed E-state index contributed by atoms with van der Waals surface area (Å²) in [6.07, 6.45) is 5.79. The number of carbonyl (C=O) groups excluding carboxylic acids is 1. The lowest BCUT2D eigenvalue weighted by Crippen LogP contribution is -2.44. The van der Waals surface area contributed by atoms with Crippen LogP contribution in [0.2, 0.25) is 0 Å². The van der Waals surface area contributed by atoms with Gasteiger partial charge in [0.2, 0.25) is 5.91 Å². The summed E-state index contributed by atoms with van der Waals surface area (Å²) in [6.45, 7) is 2.11. The smallest absolute Gasteiger partial charge is 0.317 e. The molecule has 1 fully saturated rings. The minimum atomic E-state index is -0.851. The number of hydrogen-bond acceptors (Lipinski definition) is 4. The van der Waals surface area contributed by atoms with Crippen LogP contribution >= 0.6 is 0 Å². The van der Waals surface area contributed by atoms with Gasteiger partial charge in [-0.3, -0.25) is 14.6 Å². The van der Waals surface area contributed by atoms with Crippen molar-refractivity contribution in [1.82, 2.24) is 15.2 Å². The van der Waals surface area contributed by atoms with Gasteiger partial charge in [-0.2, -0.15) is 0 Å². The third-order valence-electron chi connectivity index (χ3n) is 3.69. The van der Waals surface area contributed by atoms with Gasteiger partial charge in [0.15, 0.2) is 0 Å². The molecule has 2 heterocycles. The molecule has 1 unspecified atom stereocenters. The molecule has 0 radical (unpaired) electrons. The summed E-state index contributed by atoms with van der Waals surface area (Å²) in [5.74, 6) is -0.389. The topological polar surface area (TPSA) is 82.5 Å². The summed E-state index contributed by atoms with van der Waals surface area (Å²) in [5.41, 5.74) is 0.973. The second-order valence-electron chi connectivity index (χ2n) is 5.40. The molecule has 6 nitrogen and oxygen atoms in total. The maximum atomic E-state index is 12.3. The molecule has 114 valence electrons. The third kappa shape index (κ3) is 5.15. The number of carbonyl (C=O) groups is 2. The van der Waals surface area contributed by atoms with Gasteiger partial charge in [-0.15, -0.1) is 0 Å². The molecular formula is C15H21N3O3. The van der Waals surface area contributed by atoms with E-state index in [1.165, 1.54) is 0 Å². The molecule has 0 saturated carbocycles. The van der Waals surface area contributed by atoms with Crippen LogP contribution < -0.4 is 5.32 Å². The van der Waals surface area contributed by atoms with Gasteiger partial charge in [-0.25, -0.2) is 0 Å². The highest BCUT2D eigenvalue weighted by atomic mass is 16.4. The van der Waals surface area contributed by atoms with Crippen LogP contribution in [0.5, 0.6) is 0 Å². The first-order valence-corrected chi connectivity index (χ1v) is 7.24. The molecule has 1 amide bonds. The number of hydrogen-bond donors (Lipinski definition) is 2. The molecule has 1 atom stereocenters. The van der Waals surface area contributed by atoms with Crippen LogP contribution in [0.4, 0.5) is 0 Å². The summed E-state index contributed by atoms with van der Waals surface area (Å²) >= 11 is 0. The fraction of sp³-hybridized carbons (Fsp3) is 0.533. The number of amides is 1. The molecule has 1 saturated heterocycles. The Hall–Kier alpha value is -1.95. The fourth-order valence-electron chi connectivity index (χ4n) is 2.63. The number of rotatable bonds is 6. The lowest BCUT2D eigenvalue weighted by atomic mass is 9.97. The maximum absolute atomic E-state index is 12.3. The SMILES string of the molecule is O=C(O)CNCC1CCCN(C(=O)Cc2ccncc2)C1. The van der Waals surface area contributed by atoms with Crippen LogP contribution in [-0.4, -0.2) is 53.0 Å². The summed E-state index contributed by atoms with van der Waals surface area (Å²) in [5, 5.41) is 11.5. The quantitative estimate of drug-likeness (QED) is 0.799. The highest BCUT2D eigenvalue weighted by Crippen LogP contribution is 2.16. The summed E-state index contributed by atoms with van der Waals surface area (Å²) in [4.78, 5) is 28.6. The van der Waals surface area contributed by atoms with Crippen molar-refractivity contribution < 1.29 is 14.7 Å². The van der Waals surface area contributed by atoms with E-state index in [0.717, 1.165) is 24.9 Å². The van der Waals surface area contributed by atoms with Crippen LogP contribution in [0, 0.1) is 5.92 Å². The Kier molecular flexibility index (Phi) is 5.68. The number of carboxylic acid groups (broad SMARTS) is 1. The van der Waals surface area contributed by atoms with Gasteiger partial charge < -0.3 is 15.3 Å². The average molecular weight is 291 g/mol. The minimum Gasteiger partial charge on any atom is -0.480 e. The summed E-state index contributed by atoms with van der Waals surface area (Å²) in [6, 6.07) is 3.71. The summed E-state index contributed by atoms with van der Waals surface area (Å²) < 4.78 is 0. The standard InChI is InChI=1S/C15H21N3O3/c19-14(8-12-3-5-16-6-4-12)18-7-1-2-13(11-18)9-17-10-15(20)21/h3-6,13,17H,1-2,7-11H2,(H,20,21). The van der Waals surface area contributed by atoms with E-state index in [9.17, 15) is 9.59 Å². The Morgan fingerprint density at radius 3 is 2.86 bits per heavy atom. The average Bonchev–Trinajstić information content (AvgIpc) is 2.48. The molecule has 21 heavy (non-hydrogen) atoms. The van der Waals surface area contributed by atoms with Gasteiger partial charge in [0.1, 0.15) is 0 Å². The van der Waals surface area contributed by atoms with E-state index in [2.05, 4.69) is 10.3 Å². The number of nitrogens with zero attached hydrogens (tertiary/aromatic N) is 2. The Labute approximate surface area is 124 Å². The number of aromatic nitrogens is 1. The largest absolute Gasteiger partial charge is 0.480 e. The minimum absolute atomic E-state index is 0.0263. The highest BCUT2D eigenvalue weighted by molar-refractivity contribution is 5.78. The van der Waals surface area contributed by atoms with Gasteiger partial charge in [0, 0.05) is 32.0 Å². The van der Waals surface area contributed by atoms with Crippen molar-refractivity contribution in [1.29, 1.82) is 0 Å². The van der Waals surface area contributed by atoms with Crippen molar-refractivity contribution in [2.24, 2.45) is 5.92 Å². The van der Waals surface area contributed by atoms with E-state index < -0.39 is 5.97 Å². The molecule has 1 aliphatic heterocycles. The lowest BCUT2D eigenvalue weighted by molar-refractivity contribution is -0.136. The number of piperidine rings is 1. The molecule has 0 spiro atoms. The second-order valence-corrected chi connectivity index (χ2v) is 5.40. The first-order chi connectivity index (χ1) is 10.1. The van der Waals surface area contributed by atoms with E-state index in [4.69, 9.17) is 5.11 Å². The number of aliphatic carboxylic acids is 1. The van der Waals surface area contributed by atoms with Crippen molar-refractivity contribution >= 4 is 11.9 Å². The molecule has 1 aromatic heterocycles. The van der Waals surface area contributed by atoms with Crippen molar-refractivity contribution in [2.45, 2.75) is 19.3 Å². The molecule has 2 N–H and O–H groups in total. The van der Waals surface area contributed by atoms with Gasteiger partial charge >= 0.3 is 5.97 Å². The van der Waals surface area contributed by atoms with E-state index in [-0.39, 0.29) is 12.5 Å². The first-order valence-electron chi connectivity index (χ1n) is 7.24. The molecule has 0 aliphatic carbocycles. The molecule has 0 bridgehead atoms. The second kappa shape index (κ2) is 7.73. The Balaban J connectivity index is 1.80. The number of nitrogens with one attached hydrogen (secondary N) is 1. The third-order valence-corrected chi connectivity index (χ3v) is 3.69. The van der Waals surface area contributed by atoms with Gasteiger partial charge in [-0.1, -0.05) is 0 Å². The van der Waals surface area contributed by atoms with Crippen molar-refractivity contribution in [3.8, 4) is 0 Å². The molecule has 1 aliphatic rings. The van der Waals surface area contributed by atoms with Gasteiger partial charge in [-0.05, 0) is 36.5 Å². The lowest BCUT2D eigenvalue weighted by Gasteiger charge is -2.33. The molecule has 0 aromatic carbocycles. The zero-order chi connectivity index (χ0) is 15.1. The highest BCUT2D eigenvalue weighted by Gasteiger charge is 2.23. The number of likely N-dealkylation sites (tertiary alicyclic amines) is 1. The van der Waals surface area contributed by atoms with Gasteiger partial charge in [0.05, 0.1) is 13.0 Å². The van der Waals surface area contributed by atoms with Crippen LogP contribution in [0.15, 0.2) is 24.5 Å². The monoisotopic (exact) mass is 291 g/mol. The summed E-state index contributed by atoms with van der Waals surface area (Å²) in [7, 11) is 0. The van der Waals surface area contributed by atoms with Crippen LogP contribution in [0.25, 0.3) is 0 Å². The van der Waals surface area contributed by atoms with Crippen molar-refractivity contribution in [3.05, 3.63) is 30.1 Å². The Morgan fingerprint density at radius 1 is 1.38 bits per heavy atom. The van der Waals surface area contributed by atoms with Crippen molar-refractivity contribution in [3.63, 3.8) is 0 Å². The number of pyridine rings is 1.